The van der Waals surface area contributed by atoms with Gasteiger partial charge in [0.25, 0.3) is 0 Å². The van der Waals surface area contributed by atoms with Crippen molar-refractivity contribution in [1.82, 2.24) is 5.43 Å². The molecule has 1 amide bonds. The maximum Gasteiger partial charge on any atom is 0.307 e. The Morgan fingerprint density at radius 2 is 1.94 bits per heavy atom. The van der Waals surface area contributed by atoms with Crippen LogP contribution in [0.2, 0.25) is 0 Å². The standard InChI is InChI=1S/C24H17Br2FN2O4/c1-31-21-10-16(18(26)11-22(21)32-13-14-4-2-3-5-19(14)27)12-28-29-24(30)23-9-15-8-17(25)6-7-20(15)33-23/h2-12H,13H2,1H3,(H,29,30)/b28-12+. The van der Waals surface area contributed by atoms with Crippen LogP contribution in [0.4, 0.5) is 4.39 Å². The Morgan fingerprint density at radius 3 is 2.73 bits per heavy atom. The number of amides is 1. The first-order valence-electron chi connectivity index (χ1n) is 9.71. The van der Waals surface area contributed by atoms with Crippen LogP contribution in [-0.4, -0.2) is 19.2 Å². The van der Waals surface area contributed by atoms with Gasteiger partial charge in [0.15, 0.2) is 17.3 Å². The number of hydrogen-bond donors (Lipinski definition) is 1. The van der Waals surface area contributed by atoms with Gasteiger partial charge in [0.1, 0.15) is 18.0 Å². The van der Waals surface area contributed by atoms with E-state index >= 15 is 0 Å². The maximum absolute atomic E-state index is 13.8. The third kappa shape index (κ3) is 5.43. The van der Waals surface area contributed by atoms with Gasteiger partial charge in [-0.15, -0.1) is 0 Å². The van der Waals surface area contributed by atoms with Crippen LogP contribution in [0, 0.1) is 5.82 Å². The van der Waals surface area contributed by atoms with Crippen molar-refractivity contribution >= 4 is 55.0 Å². The van der Waals surface area contributed by atoms with Crippen molar-refractivity contribution in [3.05, 3.63) is 92.3 Å². The lowest BCUT2D eigenvalue weighted by atomic mass is 10.2. The number of methoxy groups -OCH3 is 1. The molecule has 4 rings (SSSR count). The van der Waals surface area contributed by atoms with Crippen molar-refractivity contribution in [2.24, 2.45) is 5.10 Å². The van der Waals surface area contributed by atoms with E-state index in [1.54, 1.807) is 42.5 Å². The molecule has 0 bridgehead atoms. The summed E-state index contributed by atoms with van der Waals surface area (Å²) >= 11 is 6.85. The molecule has 0 atom stereocenters. The molecular formula is C24H17Br2FN2O4. The van der Waals surface area contributed by atoms with Gasteiger partial charge < -0.3 is 13.9 Å². The quantitative estimate of drug-likeness (QED) is 0.203. The zero-order chi connectivity index (χ0) is 23.4. The summed E-state index contributed by atoms with van der Waals surface area (Å²) in [6, 6.07) is 16.9. The van der Waals surface area contributed by atoms with E-state index in [1.165, 1.54) is 19.4 Å². The fourth-order valence-corrected chi connectivity index (χ4v) is 3.84. The van der Waals surface area contributed by atoms with Gasteiger partial charge in [-0.1, -0.05) is 34.1 Å². The van der Waals surface area contributed by atoms with Gasteiger partial charge in [0.05, 0.1) is 13.3 Å². The van der Waals surface area contributed by atoms with Crippen molar-refractivity contribution in [3.63, 3.8) is 0 Å². The number of carbonyl (C=O) groups excluding carboxylic acids is 1. The normalized spacial score (nSPS) is 11.2. The summed E-state index contributed by atoms with van der Waals surface area (Å²) in [4.78, 5) is 12.4. The molecule has 0 fully saturated rings. The Hall–Kier alpha value is -3.17. The minimum Gasteiger partial charge on any atom is -0.493 e. The van der Waals surface area contributed by atoms with Crippen molar-refractivity contribution in [3.8, 4) is 11.5 Å². The van der Waals surface area contributed by atoms with Gasteiger partial charge in [0.2, 0.25) is 0 Å². The molecular weight excluding hydrogens is 559 g/mol. The highest BCUT2D eigenvalue weighted by Gasteiger charge is 2.13. The minimum absolute atomic E-state index is 0.0486. The molecule has 0 unspecified atom stereocenters. The number of ether oxygens (including phenoxy) is 2. The van der Waals surface area contributed by atoms with Crippen LogP contribution in [0.15, 0.2) is 79.1 Å². The molecule has 0 aliphatic heterocycles. The number of hydrogen-bond acceptors (Lipinski definition) is 5. The number of nitrogens with one attached hydrogen (secondary N) is 1. The lowest BCUT2D eigenvalue weighted by molar-refractivity contribution is 0.0929. The molecule has 1 N–H and O–H groups in total. The van der Waals surface area contributed by atoms with E-state index < -0.39 is 5.91 Å². The number of benzene rings is 3. The average molecular weight is 576 g/mol. The van der Waals surface area contributed by atoms with Gasteiger partial charge in [-0.2, -0.15) is 5.10 Å². The second-order valence-corrected chi connectivity index (χ2v) is 8.67. The largest absolute Gasteiger partial charge is 0.493 e. The predicted molar refractivity (Wildman–Crippen MR) is 130 cm³/mol. The fraction of sp³-hybridized carbons (Fsp3) is 0.0833. The highest BCUT2D eigenvalue weighted by atomic mass is 79.9. The molecule has 4 aromatic rings. The van der Waals surface area contributed by atoms with Gasteiger partial charge in [-0.05, 0) is 58.4 Å². The summed E-state index contributed by atoms with van der Waals surface area (Å²) in [5.41, 5.74) is 4.12. The Kier molecular flexibility index (Phi) is 7.10. The third-order valence-corrected chi connectivity index (χ3v) is 5.88. The number of carbonyl (C=O) groups is 1. The van der Waals surface area contributed by atoms with E-state index in [4.69, 9.17) is 13.9 Å². The number of halogens is 3. The van der Waals surface area contributed by atoms with Crippen LogP contribution in [0.1, 0.15) is 21.7 Å². The average Bonchev–Trinajstić information content (AvgIpc) is 3.23. The zero-order valence-electron chi connectivity index (χ0n) is 17.3. The number of furan rings is 1. The van der Waals surface area contributed by atoms with Gasteiger partial charge >= 0.3 is 5.91 Å². The molecule has 1 aromatic heterocycles. The van der Waals surface area contributed by atoms with Crippen LogP contribution < -0.4 is 14.9 Å². The molecule has 1 heterocycles. The summed E-state index contributed by atoms with van der Waals surface area (Å²) in [7, 11) is 1.50. The molecule has 33 heavy (non-hydrogen) atoms. The Labute approximate surface area is 205 Å². The molecule has 0 radical (unpaired) electrons. The second kappa shape index (κ2) is 10.2. The lowest BCUT2D eigenvalue weighted by Gasteiger charge is -2.13. The van der Waals surface area contributed by atoms with Crippen LogP contribution in [0.5, 0.6) is 11.5 Å². The first-order chi connectivity index (χ1) is 15.9. The smallest absolute Gasteiger partial charge is 0.307 e. The van der Waals surface area contributed by atoms with Crippen molar-refractivity contribution in [1.29, 1.82) is 0 Å². The fourth-order valence-electron chi connectivity index (χ4n) is 3.03. The van der Waals surface area contributed by atoms with Crippen LogP contribution in [0.3, 0.4) is 0 Å². The van der Waals surface area contributed by atoms with Gasteiger partial charge in [0, 0.05) is 25.5 Å². The number of hydrazone groups is 1. The Bertz CT molecular complexity index is 1350. The van der Waals surface area contributed by atoms with Crippen LogP contribution in [-0.2, 0) is 6.61 Å². The third-order valence-electron chi connectivity index (χ3n) is 4.70. The first-order valence-corrected chi connectivity index (χ1v) is 11.3. The summed E-state index contributed by atoms with van der Waals surface area (Å²) in [6.07, 6.45) is 1.46. The van der Waals surface area contributed by atoms with E-state index in [9.17, 15) is 9.18 Å². The monoisotopic (exact) mass is 574 g/mol. The number of rotatable bonds is 7. The van der Waals surface area contributed by atoms with E-state index in [1.807, 2.05) is 12.1 Å². The lowest BCUT2D eigenvalue weighted by Crippen LogP contribution is -2.16. The van der Waals surface area contributed by atoms with Crippen molar-refractivity contribution in [2.75, 3.05) is 7.11 Å². The molecule has 0 saturated heterocycles. The Morgan fingerprint density at radius 1 is 1.12 bits per heavy atom. The van der Waals surface area contributed by atoms with Crippen LogP contribution >= 0.6 is 31.9 Å². The summed E-state index contributed by atoms with van der Waals surface area (Å²) in [6.45, 7) is 0.0486. The number of fused-ring (bicyclic) bond motifs is 1. The molecule has 168 valence electrons. The molecule has 3 aromatic carbocycles. The zero-order valence-corrected chi connectivity index (χ0v) is 20.4. The molecule has 0 spiro atoms. The topological polar surface area (TPSA) is 73.1 Å². The van der Waals surface area contributed by atoms with Gasteiger partial charge in [-0.25, -0.2) is 9.82 Å². The van der Waals surface area contributed by atoms with E-state index in [0.29, 0.717) is 32.7 Å². The summed E-state index contributed by atoms with van der Waals surface area (Å²) in [5, 5.41) is 4.81. The van der Waals surface area contributed by atoms with Crippen molar-refractivity contribution in [2.45, 2.75) is 6.61 Å². The van der Waals surface area contributed by atoms with Crippen molar-refractivity contribution < 1.29 is 23.1 Å². The highest BCUT2D eigenvalue weighted by Crippen LogP contribution is 2.33. The Balaban J connectivity index is 1.45. The molecule has 6 nitrogen and oxygen atoms in total. The molecule has 0 aliphatic rings. The highest BCUT2D eigenvalue weighted by molar-refractivity contribution is 9.10. The minimum atomic E-state index is -0.480. The van der Waals surface area contributed by atoms with Crippen LogP contribution in [0.25, 0.3) is 11.0 Å². The van der Waals surface area contributed by atoms with E-state index in [-0.39, 0.29) is 18.2 Å². The second-order valence-electron chi connectivity index (χ2n) is 6.90. The predicted octanol–water partition coefficient (Wildman–Crippen LogP) is 6.45. The van der Waals surface area contributed by atoms with Gasteiger partial charge in [-0.3, -0.25) is 4.79 Å². The first kappa shape index (κ1) is 23.0. The maximum atomic E-state index is 13.8. The summed E-state index contributed by atoms with van der Waals surface area (Å²) in [5.74, 6) is 0.194. The molecule has 0 saturated carbocycles. The summed E-state index contributed by atoms with van der Waals surface area (Å²) < 4.78 is 32.1. The molecule has 0 aliphatic carbocycles. The van der Waals surface area contributed by atoms with E-state index in [2.05, 4.69) is 42.4 Å². The number of nitrogens with zero attached hydrogens (tertiary/aromatic N) is 1. The van der Waals surface area contributed by atoms with E-state index in [0.717, 1.165) is 9.86 Å². The molecule has 9 heteroatoms. The SMILES string of the molecule is COc1cc(/C=N/NC(=O)c2cc3cc(Br)ccc3o2)c(Br)cc1OCc1ccccc1F.